The average molecular weight is 447 g/mol. The third kappa shape index (κ3) is 4.30. The Morgan fingerprint density at radius 3 is 2.18 bits per heavy atom. The summed E-state index contributed by atoms with van der Waals surface area (Å²) in [6.45, 7) is 1.86. The lowest BCUT2D eigenvalue weighted by atomic mass is 9.69. The number of carbonyl (C=O) groups is 2. The first-order valence-electron chi connectivity index (χ1n) is 11.1. The highest BCUT2D eigenvalue weighted by atomic mass is 16.5. The second kappa shape index (κ2) is 9.22. The fourth-order valence-corrected chi connectivity index (χ4v) is 4.94. The Morgan fingerprint density at radius 2 is 1.61 bits per heavy atom. The van der Waals surface area contributed by atoms with Gasteiger partial charge in [-0.3, -0.25) is 14.6 Å². The van der Waals surface area contributed by atoms with Gasteiger partial charge in [-0.25, -0.2) is 0 Å². The minimum absolute atomic E-state index is 0.0453. The third-order valence-electron chi connectivity index (χ3n) is 6.70. The van der Waals surface area contributed by atoms with Crippen LogP contribution in [-0.4, -0.2) is 45.8 Å². The number of hydrogen-bond acceptors (Lipinski definition) is 6. The van der Waals surface area contributed by atoms with E-state index >= 15 is 0 Å². The van der Waals surface area contributed by atoms with Crippen LogP contribution in [-0.2, 0) is 14.3 Å². The zero-order chi connectivity index (χ0) is 23.7. The first-order valence-corrected chi connectivity index (χ1v) is 11.1. The molecule has 1 unspecified atom stereocenters. The Balaban J connectivity index is 1.76. The molecule has 33 heavy (non-hydrogen) atoms. The van der Waals surface area contributed by atoms with Gasteiger partial charge in [0.2, 0.25) is 0 Å². The second-order valence-corrected chi connectivity index (χ2v) is 8.88. The summed E-state index contributed by atoms with van der Waals surface area (Å²) < 4.78 is 10.4. The zero-order valence-corrected chi connectivity index (χ0v) is 19.8. The van der Waals surface area contributed by atoms with Gasteiger partial charge < -0.3 is 14.4 Å². The molecule has 6 heteroatoms. The van der Waals surface area contributed by atoms with Crippen LogP contribution >= 0.6 is 0 Å². The van der Waals surface area contributed by atoms with Gasteiger partial charge in [0.05, 0.1) is 14.2 Å². The van der Waals surface area contributed by atoms with Crippen LogP contribution in [0.15, 0.2) is 64.8 Å². The molecular formula is C27H30N2O4. The van der Waals surface area contributed by atoms with Gasteiger partial charge in [0.15, 0.2) is 5.78 Å². The summed E-state index contributed by atoms with van der Waals surface area (Å²) in [7, 11) is 6.98. The van der Waals surface area contributed by atoms with Crippen LogP contribution in [0.25, 0.3) is 0 Å². The zero-order valence-electron chi connectivity index (χ0n) is 19.8. The quantitative estimate of drug-likeness (QED) is 0.632. The van der Waals surface area contributed by atoms with Crippen LogP contribution in [0.1, 0.15) is 42.7 Å². The first kappa shape index (κ1) is 22.8. The lowest BCUT2D eigenvalue weighted by Crippen LogP contribution is -2.37. The van der Waals surface area contributed by atoms with E-state index in [-0.39, 0.29) is 17.7 Å². The summed E-state index contributed by atoms with van der Waals surface area (Å²) in [6, 6.07) is 15.9. The van der Waals surface area contributed by atoms with E-state index in [1.807, 2.05) is 74.4 Å². The third-order valence-corrected chi connectivity index (χ3v) is 6.70. The molecule has 1 aliphatic carbocycles. The van der Waals surface area contributed by atoms with Gasteiger partial charge in [0.1, 0.15) is 11.7 Å². The SMILES string of the molecule is COC(=O)C1C(C)=NC2=C(C(=O)C[C@H](c3ccc(OC)cc3)C2)[C@@H]1c1ccc(N(C)C)cc1. The molecule has 6 nitrogen and oxygen atoms in total. The highest BCUT2D eigenvalue weighted by Crippen LogP contribution is 2.47. The van der Waals surface area contributed by atoms with E-state index in [2.05, 4.69) is 0 Å². The first-order chi connectivity index (χ1) is 15.8. The fourth-order valence-electron chi connectivity index (χ4n) is 4.94. The van der Waals surface area contributed by atoms with Crippen molar-refractivity contribution in [3.63, 3.8) is 0 Å². The van der Waals surface area contributed by atoms with Crippen LogP contribution in [0.5, 0.6) is 5.75 Å². The number of nitrogens with zero attached hydrogens (tertiary/aromatic N) is 2. The van der Waals surface area contributed by atoms with Gasteiger partial charge in [0.25, 0.3) is 0 Å². The molecule has 3 atom stereocenters. The Hall–Kier alpha value is -3.41. The average Bonchev–Trinajstić information content (AvgIpc) is 2.82. The van der Waals surface area contributed by atoms with E-state index in [1.165, 1.54) is 7.11 Å². The Bertz CT molecular complexity index is 1110. The molecule has 2 aromatic rings. The molecule has 0 saturated carbocycles. The normalized spacial score (nSPS) is 22.4. The van der Waals surface area contributed by atoms with Crippen molar-refractivity contribution in [1.29, 1.82) is 0 Å². The van der Waals surface area contributed by atoms with Crippen molar-refractivity contribution in [1.82, 2.24) is 0 Å². The lowest BCUT2D eigenvalue weighted by Gasteiger charge is -2.36. The summed E-state index contributed by atoms with van der Waals surface area (Å²) in [5.41, 5.74) is 5.19. The van der Waals surface area contributed by atoms with Crippen molar-refractivity contribution >= 4 is 23.2 Å². The highest BCUT2D eigenvalue weighted by molar-refractivity contribution is 6.09. The summed E-state index contributed by atoms with van der Waals surface area (Å²) in [5, 5.41) is 0. The summed E-state index contributed by atoms with van der Waals surface area (Å²) in [5.74, 6) is -0.496. The van der Waals surface area contributed by atoms with Crippen molar-refractivity contribution in [3.8, 4) is 5.75 Å². The fraction of sp³-hybridized carbons (Fsp3) is 0.370. The van der Waals surface area contributed by atoms with Crippen molar-refractivity contribution in [3.05, 3.63) is 70.9 Å². The molecule has 0 saturated heterocycles. The number of ether oxygens (including phenoxy) is 2. The molecular weight excluding hydrogens is 416 g/mol. The molecule has 1 heterocycles. The smallest absolute Gasteiger partial charge is 0.315 e. The second-order valence-electron chi connectivity index (χ2n) is 8.88. The number of hydrogen-bond donors (Lipinski definition) is 0. The number of allylic oxidation sites excluding steroid dienone is 2. The standard InChI is InChI=1S/C27H30N2O4/c1-16-24(27(31)33-5)25(18-6-10-20(11-7-18)29(2)3)26-22(28-16)14-19(15-23(26)30)17-8-12-21(32-4)13-9-17/h6-13,19,24-25H,14-15H2,1-5H3/t19-,24?,25-/m1/s1. The van der Waals surface area contributed by atoms with E-state index in [0.29, 0.717) is 24.1 Å². The molecule has 0 N–H and O–H groups in total. The molecule has 1 aliphatic heterocycles. The Labute approximate surface area is 194 Å². The van der Waals surface area contributed by atoms with E-state index in [9.17, 15) is 9.59 Å². The van der Waals surface area contributed by atoms with Crippen LogP contribution in [0.3, 0.4) is 0 Å². The van der Waals surface area contributed by atoms with Gasteiger partial charge in [-0.15, -0.1) is 0 Å². The van der Waals surface area contributed by atoms with Crippen LogP contribution in [0, 0.1) is 5.92 Å². The van der Waals surface area contributed by atoms with Crippen LogP contribution < -0.4 is 9.64 Å². The number of benzene rings is 2. The number of Topliss-reactive ketones (excluding diaryl/α,β-unsaturated/α-hetero) is 1. The van der Waals surface area contributed by atoms with E-state index in [4.69, 9.17) is 14.5 Å². The van der Waals surface area contributed by atoms with Crippen molar-refractivity contribution < 1.29 is 19.1 Å². The van der Waals surface area contributed by atoms with Crippen LogP contribution in [0.4, 0.5) is 5.69 Å². The highest BCUT2D eigenvalue weighted by Gasteiger charge is 2.44. The molecule has 2 aromatic carbocycles. The number of methoxy groups -OCH3 is 2. The number of ketones is 1. The van der Waals surface area contributed by atoms with Crippen molar-refractivity contribution in [2.24, 2.45) is 10.9 Å². The molecule has 0 bridgehead atoms. The Kier molecular flexibility index (Phi) is 6.36. The summed E-state index contributed by atoms with van der Waals surface area (Å²) >= 11 is 0. The lowest BCUT2D eigenvalue weighted by molar-refractivity contribution is -0.143. The largest absolute Gasteiger partial charge is 0.497 e. The summed E-state index contributed by atoms with van der Waals surface area (Å²) in [4.78, 5) is 33.1. The monoisotopic (exact) mass is 446 g/mol. The van der Waals surface area contributed by atoms with Gasteiger partial charge in [0, 0.05) is 49.1 Å². The molecule has 0 radical (unpaired) electrons. The predicted molar refractivity (Wildman–Crippen MR) is 129 cm³/mol. The number of aliphatic imine (C=N–C) groups is 1. The minimum Gasteiger partial charge on any atom is -0.497 e. The molecule has 0 aromatic heterocycles. The van der Waals surface area contributed by atoms with Gasteiger partial charge in [-0.05, 0) is 54.7 Å². The maximum absolute atomic E-state index is 13.5. The van der Waals surface area contributed by atoms with E-state index in [0.717, 1.165) is 28.3 Å². The molecule has 4 rings (SSSR count). The number of esters is 1. The summed E-state index contributed by atoms with van der Waals surface area (Å²) in [6.07, 6.45) is 1.05. The number of anilines is 1. The number of carbonyl (C=O) groups excluding carboxylic acids is 2. The maximum atomic E-state index is 13.5. The van der Waals surface area contributed by atoms with Crippen LogP contribution in [0.2, 0.25) is 0 Å². The number of rotatable bonds is 5. The predicted octanol–water partition coefficient (Wildman–Crippen LogP) is 4.51. The molecule has 0 amide bonds. The maximum Gasteiger partial charge on any atom is 0.315 e. The van der Waals surface area contributed by atoms with Gasteiger partial charge in [-0.2, -0.15) is 0 Å². The Morgan fingerprint density at radius 1 is 0.970 bits per heavy atom. The van der Waals surface area contributed by atoms with Crippen molar-refractivity contribution in [2.75, 3.05) is 33.2 Å². The van der Waals surface area contributed by atoms with Gasteiger partial charge >= 0.3 is 5.97 Å². The van der Waals surface area contributed by atoms with Crippen molar-refractivity contribution in [2.45, 2.75) is 31.6 Å². The van der Waals surface area contributed by atoms with Gasteiger partial charge in [-0.1, -0.05) is 24.3 Å². The minimum atomic E-state index is -0.611. The molecule has 172 valence electrons. The topological polar surface area (TPSA) is 68.2 Å². The van der Waals surface area contributed by atoms with E-state index in [1.54, 1.807) is 7.11 Å². The van der Waals surface area contributed by atoms with E-state index < -0.39 is 11.8 Å². The molecule has 0 fully saturated rings. The molecule has 2 aliphatic rings. The molecule has 0 spiro atoms.